The van der Waals surface area contributed by atoms with Crippen molar-refractivity contribution in [3.8, 4) is 0 Å². The van der Waals surface area contributed by atoms with Crippen LogP contribution in [-0.4, -0.2) is 29.7 Å². The zero-order valence-corrected chi connectivity index (χ0v) is 9.65. The van der Waals surface area contributed by atoms with Gasteiger partial charge in [-0.15, -0.1) is 0 Å². The van der Waals surface area contributed by atoms with E-state index in [0.717, 1.165) is 5.56 Å². The highest BCUT2D eigenvalue weighted by atomic mass is 16.7. The van der Waals surface area contributed by atoms with E-state index in [1.807, 2.05) is 37.3 Å². The molecule has 5 atom stereocenters. The lowest BCUT2D eigenvalue weighted by atomic mass is 10.1. The lowest BCUT2D eigenvalue weighted by Crippen LogP contribution is -2.43. The third kappa shape index (κ3) is 2.09. The molecule has 2 fully saturated rings. The first-order valence-corrected chi connectivity index (χ1v) is 5.93. The molecule has 92 valence electrons. The van der Waals surface area contributed by atoms with Gasteiger partial charge in [-0.1, -0.05) is 30.3 Å². The van der Waals surface area contributed by atoms with Gasteiger partial charge in [-0.2, -0.15) is 0 Å². The third-order valence-electron chi connectivity index (χ3n) is 3.29. The molecular weight excluding hydrogens is 220 g/mol. The van der Waals surface area contributed by atoms with Crippen molar-refractivity contribution in [2.24, 2.45) is 0 Å². The lowest BCUT2D eigenvalue weighted by Gasteiger charge is -2.36. The minimum atomic E-state index is -0.731. The fraction of sp³-hybridized carbons (Fsp3) is 0.538. The molecule has 2 saturated heterocycles. The summed E-state index contributed by atoms with van der Waals surface area (Å²) in [5, 5.41) is 9.48. The van der Waals surface area contributed by atoms with Crippen LogP contribution in [0.3, 0.4) is 0 Å². The molecule has 0 aromatic heterocycles. The number of aliphatic hydroxyl groups excluding tert-OH is 1. The van der Waals surface area contributed by atoms with Gasteiger partial charge in [0.1, 0.15) is 6.10 Å². The van der Waals surface area contributed by atoms with Gasteiger partial charge in [-0.3, -0.25) is 0 Å². The van der Waals surface area contributed by atoms with Crippen LogP contribution >= 0.6 is 0 Å². The third-order valence-corrected chi connectivity index (χ3v) is 3.29. The molecule has 0 aliphatic carbocycles. The van der Waals surface area contributed by atoms with Gasteiger partial charge in [-0.25, -0.2) is 0 Å². The molecule has 0 bridgehead atoms. The first kappa shape index (κ1) is 11.2. The van der Waals surface area contributed by atoms with Crippen molar-refractivity contribution in [1.82, 2.24) is 0 Å². The normalized spacial score (nSPS) is 41.2. The van der Waals surface area contributed by atoms with Gasteiger partial charge in [-0.05, 0) is 6.92 Å². The molecule has 1 unspecified atom stereocenters. The van der Waals surface area contributed by atoms with Gasteiger partial charge in [0.2, 0.25) is 0 Å². The summed E-state index contributed by atoms with van der Waals surface area (Å²) >= 11 is 0. The Morgan fingerprint density at radius 3 is 2.65 bits per heavy atom. The number of fused-ring (bicyclic) bond motifs is 1. The number of benzene rings is 1. The number of hydrogen-bond donors (Lipinski definition) is 1. The first-order valence-electron chi connectivity index (χ1n) is 5.93. The van der Waals surface area contributed by atoms with Crippen molar-refractivity contribution in [3.63, 3.8) is 0 Å². The van der Waals surface area contributed by atoms with Crippen LogP contribution in [-0.2, 0) is 14.2 Å². The Morgan fingerprint density at radius 2 is 1.88 bits per heavy atom. The van der Waals surface area contributed by atoms with Crippen LogP contribution in [0.5, 0.6) is 0 Å². The van der Waals surface area contributed by atoms with Crippen molar-refractivity contribution < 1.29 is 19.3 Å². The molecule has 17 heavy (non-hydrogen) atoms. The maximum absolute atomic E-state index is 9.48. The summed E-state index contributed by atoms with van der Waals surface area (Å²) in [6.07, 6.45) is -0.895. The van der Waals surface area contributed by atoms with Crippen LogP contribution in [0.4, 0.5) is 0 Å². The van der Waals surface area contributed by atoms with Crippen LogP contribution in [0, 0.1) is 0 Å². The molecule has 0 spiro atoms. The van der Waals surface area contributed by atoms with Crippen molar-refractivity contribution >= 4 is 0 Å². The second kappa shape index (κ2) is 4.38. The monoisotopic (exact) mass is 236 g/mol. The largest absolute Gasteiger partial charge is 0.368 e. The number of ether oxygens (including phenoxy) is 3. The summed E-state index contributed by atoms with van der Waals surface area (Å²) in [5.74, 6) is 0. The maximum atomic E-state index is 9.48. The predicted molar refractivity (Wildman–Crippen MR) is 60.1 cm³/mol. The summed E-state index contributed by atoms with van der Waals surface area (Å²) in [7, 11) is 0. The molecule has 2 heterocycles. The van der Waals surface area contributed by atoms with Gasteiger partial charge < -0.3 is 19.3 Å². The molecule has 0 amide bonds. The summed E-state index contributed by atoms with van der Waals surface area (Å²) in [6.45, 7) is 1.95. The van der Waals surface area contributed by atoms with Crippen LogP contribution in [0.1, 0.15) is 25.2 Å². The molecule has 2 aliphatic heterocycles. The minimum absolute atomic E-state index is 0.0730. The smallest absolute Gasteiger partial charge is 0.184 e. The average Bonchev–Trinajstić information content (AvgIpc) is 2.71. The number of hydrogen-bond acceptors (Lipinski definition) is 4. The summed E-state index contributed by atoms with van der Waals surface area (Å²) in [6, 6.07) is 9.83. The van der Waals surface area contributed by atoms with Crippen molar-refractivity contribution in [3.05, 3.63) is 35.9 Å². The number of aliphatic hydroxyl groups is 1. The highest BCUT2D eigenvalue weighted by Crippen LogP contribution is 2.36. The van der Waals surface area contributed by atoms with Crippen LogP contribution in [0.2, 0.25) is 0 Å². The molecule has 2 aliphatic rings. The van der Waals surface area contributed by atoms with Crippen molar-refractivity contribution in [2.45, 2.75) is 44.2 Å². The van der Waals surface area contributed by atoms with Crippen molar-refractivity contribution in [2.75, 3.05) is 0 Å². The molecule has 3 rings (SSSR count). The maximum Gasteiger partial charge on any atom is 0.184 e. The van der Waals surface area contributed by atoms with Crippen molar-refractivity contribution in [1.29, 1.82) is 0 Å². The standard InChI is InChI=1S/C13H16O4/c1-8-12-10(7-11(14)17-12)16-13(15-8)9-5-3-2-4-6-9/h2-6,8,10-14H,7H2,1H3/t8-,10+,11?,12+,13-/m1/s1. The van der Waals surface area contributed by atoms with E-state index in [1.165, 1.54) is 0 Å². The van der Waals surface area contributed by atoms with E-state index in [9.17, 15) is 5.11 Å². The Morgan fingerprint density at radius 1 is 1.12 bits per heavy atom. The zero-order chi connectivity index (χ0) is 11.8. The summed E-state index contributed by atoms with van der Waals surface area (Å²) in [5.41, 5.74) is 0.999. The quantitative estimate of drug-likeness (QED) is 0.804. The van der Waals surface area contributed by atoms with Gasteiger partial charge in [0, 0.05) is 12.0 Å². The Balaban J connectivity index is 1.78. The zero-order valence-electron chi connectivity index (χ0n) is 9.65. The molecule has 1 aromatic rings. The van der Waals surface area contributed by atoms with Gasteiger partial charge in [0.05, 0.1) is 12.2 Å². The Kier molecular flexibility index (Phi) is 2.88. The van der Waals surface area contributed by atoms with E-state index >= 15 is 0 Å². The minimum Gasteiger partial charge on any atom is -0.368 e. The topological polar surface area (TPSA) is 47.9 Å². The highest BCUT2D eigenvalue weighted by Gasteiger charge is 2.45. The fourth-order valence-electron chi connectivity index (χ4n) is 2.43. The second-order valence-electron chi connectivity index (χ2n) is 4.55. The van der Waals surface area contributed by atoms with Gasteiger partial charge >= 0.3 is 0 Å². The van der Waals surface area contributed by atoms with Crippen LogP contribution < -0.4 is 0 Å². The van der Waals surface area contributed by atoms with E-state index in [0.29, 0.717) is 6.42 Å². The van der Waals surface area contributed by atoms with E-state index in [-0.39, 0.29) is 24.6 Å². The predicted octanol–water partition coefficient (Wildman–Crippen LogP) is 1.60. The summed E-state index contributed by atoms with van der Waals surface area (Å²) < 4.78 is 17.0. The van der Waals surface area contributed by atoms with Gasteiger partial charge in [0.25, 0.3) is 0 Å². The lowest BCUT2D eigenvalue weighted by molar-refractivity contribution is -0.277. The molecule has 1 N–H and O–H groups in total. The average molecular weight is 236 g/mol. The first-order chi connectivity index (χ1) is 8.24. The Hall–Kier alpha value is -0.940. The SMILES string of the molecule is C[C@H]1O[C@@H](c2ccccc2)O[C@H]2CC(O)O[C@H]21. The molecular formula is C13H16O4. The summed E-state index contributed by atoms with van der Waals surface area (Å²) in [4.78, 5) is 0. The molecule has 4 heteroatoms. The van der Waals surface area contributed by atoms with Crippen LogP contribution in [0.15, 0.2) is 30.3 Å². The van der Waals surface area contributed by atoms with E-state index in [1.54, 1.807) is 0 Å². The molecule has 1 aromatic carbocycles. The molecule has 0 saturated carbocycles. The second-order valence-corrected chi connectivity index (χ2v) is 4.55. The number of rotatable bonds is 1. The van der Waals surface area contributed by atoms with E-state index < -0.39 is 6.29 Å². The Bertz CT molecular complexity index is 380. The molecule has 4 nitrogen and oxygen atoms in total. The Labute approximate surface area is 100 Å². The van der Waals surface area contributed by atoms with Crippen LogP contribution in [0.25, 0.3) is 0 Å². The van der Waals surface area contributed by atoms with Gasteiger partial charge in [0.15, 0.2) is 12.6 Å². The van der Waals surface area contributed by atoms with E-state index in [4.69, 9.17) is 14.2 Å². The highest BCUT2D eigenvalue weighted by molar-refractivity contribution is 5.16. The molecule has 0 radical (unpaired) electrons. The fourth-order valence-corrected chi connectivity index (χ4v) is 2.43. The van der Waals surface area contributed by atoms with E-state index in [2.05, 4.69) is 0 Å².